The number of carbonyl (C=O) groups excluding carboxylic acids is 1. The van der Waals surface area contributed by atoms with Gasteiger partial charge in [-0.15, -0.1) is 0 Å². The van der Waals surface area contributed by atoms with Crippen LogP contribution in [0.15, 0.2) is 36.4 Å². The molecule has 3 heteroatoms. The lowest BCUT2D eigenvalue weighted by atomic mass is 10.1. The van der Waals surface area contributed by atoms with Crippen LogP contribution in [-0.2, 0) is 17.6 Å². The minimum absolute atomic E-state index is 0.0146. The lowest BCUT2D eigenvalue weighted by Gasteiger charge is -2.09. The summed E-state index contributed by atoms with van der Waals surface area (Å²) >= 11 is 0. The molecule has 2 aromatic rings. The molecule has 21 heavy (non-hydrogen) atoms. The predicted octanol–water partition coefficient (Wildman–Crippen LogP) is 3.42. The van der Waals surface area contributed by atoms with E-state index in [0.29, 0.717) is 6.42 Å². The summed E-state index contributed by atoms with van der Waals surface area (Å²) in [4.78, 5) is 12.2. The summed E-state index contributed by atoms with van der Waals surface area (Å²) in [7, 11) is 0. The van der Waals surface area contributed by atoms with Crippen LogP contribution in [0.1, 0.15) is 22.3 Å². The lowest BCUT2D eigenvalue weighted by molar-refractivity contribution is -0.115. The second kappa shape index (κ2) is 5.60. The van der Waals surface area contributed by atoms with Crippen LogP contribution in [0.2, 0.25) is 0 Å². The molecular weight excluding hydrogens is 262 g/mol. The van der Waals surface area contributed by atoms with Crippen LogP contribution in [0, 0.1) is 13.8 Å². The number of ether oxygens (including phenoxy) is 1. The van der Waals surface area contributed by atoms with Gasteiger partial charge in [0.05, 0.1) is 13.0 Å². The van der Waals surface area contributed by atoms with Crippen LogP contribution < -0.4 is 10.1 Å². The molecule has 2 aromatic carbocycles. The SMILES string of the molecule is Cc1ccc(NC(=O)Cc2ccc3c(c2)CCO3)c(C)c1. The van der Waals surface area contributed by atoms with Gasteiger partial charge in [-0.05, 0) is 42.7 Å². The van der Waals surface area contributed by atoms with E-state index in [-0.39, 0.29) is 5.91 Å². The quantitative estimate of drug-likeness (QED) is 0.936. The van der Waals surface area contributed by atoms with E-state index >= 15 is 0 Å². The van der Waals surface area contributed by atoms with Crippen molar-refractivity contribution in [3.63, 3.8) is 0 Å². The number of benzene rings is 2. The standard InChI is InChI=1S/C18H19NO2/c1-12-3-5-16(13(2)9-12)19-18(20)11-14-4-6-17-15(10-14)7-8-21-17/h3-6,9-10H,7-8,11H2,1-2H3,(H,19,20). The second-order valence-corrected chi connectivity index (χ2v) is 5.58. The van der Waals surface area contributed by atoms with Crippen molar-refractivity contribution in [2.75, 3.05) is 11.9 Å². The minimum atomic E-state index is 0.0146. The normalized spacial score (nSPS) is 12.7. The maximum Gasteiger partial charge on any atom is 0.228 e. The van der Waals surface area contributed by atoms with E-state index in [1.165, 1.54) is 11.1 Å². The highest BCUT2D eigenvalue weighted by molar-refractivity contribution is 5.93. The lowest BCUT2D eigenvalue weighted by Crippen LogP contribution is -2.15. The molecule has 0 saturated heterocycles. The van der Waals surface area contributed by atoms with Crippen molar-refractivity contribution in [1.82, 2.24) is 0 Å². The fraction of sp³-hybridized carbons (Fsp3) is 0.278. The van der Waals surface area contributed by atoms with Crippen LogP contribution >= 0.6 is 0 Å². The van der Waals surface area contributed by atoms with Gasteiger partial charge in [-0.2, -0.15) is 0 Å². The van der Waals surface area contributed by atoms with Gasteiger partial charge in [-0.1, -0.05) is 29.8 Å². The molecule has 0 atom stereocenters. The fourth-order valence-electron chi connectivity index (χ4n) is 2.68. The summed E-state index contributed by atoms with van der Waals surface area (Å²) < 4.78 is 5.48. The summed E-state index contributed by atoms with van der Waals surface area (Å²) in [6.45, 7) is 4.80. The Hall–Kier alpha value is -2.29. The largest absolute Gasteiger partial charge is 0.493 e. The van der Waals surface area contributed by atoms with E-state index in [2.05, 4.69) is 17.4 Å². The molecule has 0 aromatic heterocycles. The number of aryl methyl sites for hydroxylation is 2. The van der Waals surface area contributed by atoms with Gasteiger partial charge in [-0.25, -0.2) is 0 Å². The molecule has 3 nitrogen and oxygen atoms in total. The minimum Gasteiger partial charge on any atom is -0.493 e. The van der Waals surface area contributed by atoms with Crippen LogP contribution in [0.3, 0.4) is 0 Å². The molecule has 3 rings (SSSR count). The van der Waals surface area contributed by atoms with Gasteiger partial charge in [0.25, 0.3) is 0 Å². The maximum absolute atomic E-state index is 12.2. The zero-order chi connectivity index (χ0) is 14.8. The third-order valence-electron chi connectivity index (χ3n) is 3.77. The third kappa shape index (κ3) is 3.07. The Bertz CT molecular complexity index is 692. The summed E-state index contributed by atoms with van der Waals surface area (Å²) in [5, 5.41) is 2.98. The molecule has 1 heterocycles. The highest BCUT2D eigenvalue weighted by Gasteiger charge is 2.13. The molecule has 0 saturated carbocycles. The molecular formula is C18H19NO2. The third-order valence-corrected chi connectivity index (χ3v) is 3.77. The van der Waals surface area contributed by atoms with Crippen LogP contribution in [0.25, 0.3) is 0 Å². The first-order valence-electron chi connectivity index (χ1n) is 7.23. The number of carbonyl (C=O) groups is 1. The second-order valence-electron chi connectivity index (χ2n) is 5.58. The van der Waals surface area contributed by atoms with Gasteiger partial charge in [0, 0.05) is 12.1 Å². The predicted molar refractivity (Wildman–Crippen MR) is 83.9 cm³/mol. The monoisotopic (exact) mass is 281 g/mol. The molecule has 1 N–H and O–H groups in total. The van der Waals surface area contributed by atoms with Crippen molar-refractivity contribution in [3.8, 4) is 5.75 Å². The first kappa shape index (κ1) is 13.7. The number of amides is 1. The molecule has 108 valence electrons. The van der Waals surface area contributed by atoms with Crippen molar-refractivity contribution >= 4 is 11.6 Å². The fourth-order valence-corrected chi connectivity index (χ4v) is 2.68. The molecule has 0 aliphatic carbocycles. The van der Waals surface area contributed by atoms with Gasteiger partial charge in [0.1, 0.15) is 5.75 Å². The van der Waals surface area contributed by atoms with Crippen LogP contribution in [0.4, 0.5) is 5.69 Å². The van der Waals surface area contributed by atoms with Gasteiger partial charge >= 0.3 is 0 Å². The first-order chi connectivity index (χ1) is 10.1. The van der Waals surface area contributed by atoms with Gasteiger partial charge in [0.2, 0.25) is 5.91 Å². The van der Waals surface area contributed by atoms with Crippen molar-refractivity contribution in [1.29, 1.82) is 0 Å². The number of fused-ring (bicyclic) bond motifs is 1. The molecule has 1 amide bonds. The van der Waals surface area contributed by atoms with E-state index in [4.69, 9.17) is 4.74 Å². The van der Waals surface area contributed by atoms with Crippen molar-refractivity contribution in [2.24, 2.45) is 0 Å². The Kier molecular flexibility index (Phi) is 3.65. The highest BCUT2D eigenvalue weighted by atomic mass is 16.5. The molecule has 0 spiro atoms. The Labute approximate surface area is 124 Å². The molecule has 0 radical (unpaired) electrons. The topological polar surface area (TPSA) is 38.3 Å². The van der Waals surface area contributed by atoms with Crippen molar-refractivity contribution < 1.29 is 9.53 Å². The number of rotatable bonds is 3. The number of anilines is 1. The van der Waals surface area contributed by atoms with E-state index in [9.17, 15) is 4.79 Å². The molecule has 0 bridgehead atoms. The van der Waals surface area contributed by atoms with Crippen LogP contribution in [-0.4, -0.2) is 12.5 Å². The average molecular weight is 281 g/mol. The van der Waals surface area contributed by atoms with Crippen LogP contribution in [0.5, 0.6) is 5.75 Å². The highest BCUT2D eigenvalue weighted by Crippen LogP contribution is 2.26. The number of hydrogen-bond acceptors (Lipinski definition) is 2. The van der Waals surface area contributed by atoms with Gasteiger partial charge < -0.3 is 10.1 Å². The molecule has 0 unspecified atom stereocenters. The Morgan fingerprint density at radius 3 is 2.86 bits per heavy atom. The Morgan fingerprint density at radius 1 is 1.19 bits per heavy atom. The molecule has 1 aliphatic heterocycles. The first-order valence-corrected chi connectivity index (χ1v) is 7.23. The number of nitrogens with one attached hydrogen (secondary N) is 1. The van der Waals surface area contributed by atoms with E-state index in [0.717, 1.165) is 35.6 Å². The number of hydrogen-bond donors (Lipinski definition) is 1. The van der Waals surface area contributed by atoms with E-state index in [1.807, 2.05) is 38.1 Å². The van der Waals surface area contributed by atoms with Gasteiger partial charge in [-0.3, -0.25) is 4.79 Å². The smallest absolute Gasteiger partial charge is 0.228 e. The zero-order valence-electron chi connectivity index (χ0n) is 12.4. The summed E-state index contributed by atoms with van der Waals surface area (Å²) in [5.41, 5.74) is 5.40. The van der Waals surface area contributed by atoms with Crippen molar-refractivity contribution in [3.05, 3.63) is 58.7 Å². The van der Waals surface area contributed by atoms with E-state index < -0.39 is 0 Å². The zero-order valence-corrected chi connectivity index (χ0v) is 12.4. The average Bonchev–Trinajstić information content (AvgIpc) is 2.89. The van der Waals surface area contributed by atoms with E-state index in [1.54, 1.807) is 0 Å². The molecule has 1 aliphatic rings. The Balaban J connectivity index is 1.69. The Morgan fingerprint density at radius 2 is 2.05 bits per heavy atom. The molecule has 0 fully saturated rings. The van der Waals surface area contributed by atoms with Crippen molar-refractivity contribution in [2.45, 2.75) is 26.7 Å². The summed E-state index contributed by atoms with van der Waals surface area (Å²) in [6, 6.07) is 12.0. The maximum atomic E-state index is 12.2. The summed E-state index contributed by atoms with van der Waals surface area (Å²) in [5.74, 6) is 0.967. The summed E-state index contributed by atoms with van der Waals surface area (Å²) in [6.07, 6.45) is 1.32. The van der Waals surface area contributed by atoms with Gasteiger partial charge in [0.15, 0.2) is 0 Å².